The first-order chi connectivity index (χ1) is 12.7. The van der Waals surface area contributed by atoms with E-state index in [4.69, 9.17) is 0 Å². The van der Waals surface area contributed by atoms with Crippen molar-refractivity contribution >= 4 is 22.4 Å². The molecule has 1 aromatic heterocycles. The SMILES string of the molecule is CNCC(CC(=O)Nc1ccc2c(=O)[nH]ccc2c1)Cc1ccccc1. The summed E-state index contributed by atoms with van der Waals surface area (Å²) >= 11 is 0. The Bertz CT molecular complexity index is 935. The van der Waals surface area contributed by atoms with Gasteiger partial charge in [-0.2, -0.15) is 0 Å². The number of pyridine rings is 1. The average Bonchev–Trinajstić information content (AvgIpc) is 2.63. The number of fused-ring (bicyclic) bond motifs is 1. The van der Waals surface area contributed by atoms with Crippen LogP contribution in [-0.2, 0) is 11.2 Å². The Morgan fingerprint density at radius 2 is 1.92 bits per heavy atom. The molecule has 1 atom stereocenters. The van der Waals surface area contributed by atoms with Gasteiger partial charge in [0.1, 0.15) is 0 Å². The number of benzene rings is 2. The molecule has 3 aromatic rings. The second-order valence-electron chi connectivity index (χ2n) is 6.47. The van der Waals surface area contributed by atoms with Crippen molar-refractivity contribution in [3.05, 3.63) is 76.7 Å². The normalized spacial score (nSPS) is 12.0. The number of amides is 1. The fraction of sp³-hybridized carbons (Fsp3) is 0.238. The van der Waals surface area contributed by atoms with E-state index < -0.39 is 0 Å². The van der Waals surface area contributed by atoms with Crippen LogP contribution in [0.4, 0.5) is 5.69 Å². The molecule has 0 spiro atoms. The summed E-state index contributed by atoms with van der Waals surface area (Å²) in [5.41, 5.74) is 1.80. The predicted octanol–water partition coefficient (Wildman–Crippen LogP) is 2.94. The minimum absolute atomic E-state index is 0.0228. The molecule has 5 nitrogen and oxygen atoms in total. The summed E-state index contributed by atoms with van der Waals surface area (Å²) in [6.45, 7) is 0.773. The Hall–Kier alpha value is -2.92. The highest BCUT2D eigenvalue weighted by molar-refractivity contribution is 5.94. The Kier molecular flexibility index (Phi) is 5.81. The number of H-pyrrole nitrogens is 1. The molecule has 0 radical (unpaired) electrons. The summed E-state index contributed by atoms with van der Waals surface area (Å²) < 4.78 is 0. The number of anilines is 1. The molecule has 134 valence electrons. The molecule has 3 rings (SSSR count). The lowest BCUT2D eigenvalue weighted by atomic mass is 9.95. The van der Waals surface area contributed by atoms with E-state index >= 15 is 0 Å². The molecule has 1 amide bonds. The van der Waals surface area contributed by atoms with Gasteiger partial charge >= 0.3 is 0 Å². The van der Waals surface area contributed by atoms with Crippen LogP contribution in [0.3, 0.4) is 0 Å². The van der Waals surface area contributed by atoms with E-state index in [-0.39, 0.29) is 17.4 Å². The molecule has 26 heavy (non-hydrogen) atoms. The summed E-state index contributed by atoms with van der Waals surface area (Å²) in [5, 5.41) is 7.54. The van der Waals surface area contributed by atoms with Crippen molar-refractivity contribution in [2.24, 2.45) is 5.92 Å². The van der Waals surface area contributed by atoms with Crippen molar-refractivity contribution in [1.29, 1.82) is 0 Å². The molecule has 2 aromatic carbocycles. The van der Waals surface area contributed by atoms with Gasteiger partial charge in [-0.25, -0.2) is 0 Å². The van der Waals surface area contributed by atoms with E-state index in [1.807, 2.05) is 37.4 Å². The Labute approximate surface area is 152 Å². The standard InChI is InChI=1S/C21H23N3O2/c1-22-14-16(11-15-5-3-2-4-6-15)12-20(25)24-18-7-8-19-17(13-18)9-10-23-21(19)26/h2-10,13,16,22H,11-12,14H2,1H3,(H,23,26)(H,24,25). The van der Waals surface area contributed by atoms with Crippen molar-refractivity contribution in [2.75, 3.05) is 18.9 Å². The van der Waals surface area contributed by atoms with Gasteiger partial charge in [-0.05, 0) is 61.1 Å². The maximum atomic E-state index is 12.5. The number of aromatic nitrogens is 1. The fourth-order valence-corrected chi connectivity index (χ4v) is 3.20. The molecule has 3 N–H and O–H groups in total. The van der Waals surface area contributed by atoms with Gasteiger partial charge in [0, 0.05) is 23.7 Å². The predicted molar refractivity (Wildman–Crippen MR) is 105 cm³/mol. The fourth-order valence-electron chi connectivity index (χ4n) is 3.20. The van der Waals surface area contributed by atoms with Crippen molar-refractivity contribution in [2.45, 2.75) is 12.8 Å². The van der Waals surface area contributed by atoms with Crippen molar-refractivity contribution in [3.63, 3.8) is 0 Å². The van der Waals surface area contributed by atoms with Crippen molar-refractivity contribution in [1.82, 2.24) is 10.3 Å². The van der Waals surface area contributed by atoms with Gasteiger partial charge in [-0.1, -0.05) is 30.3 Å². The third-order valence-electron chi connectivity index (χ3n) is 4.39. The topological polar surface area (TPSA) is 74.0 Å². The van der Waals surface area contributed by atoms with E-state index in [1.54, 1.807) is 18.3 Å². The molecule has 0 aliphatic rings. The minimum atomic E-state index is -0.127. The van der Waals surface area contributed by atoms with Crippen LogP contribution < -0.4 is 16.2 Å². The van der Waals surface area contributed by atoms with Crippen molar-refractivity contribution < 1.29 is 4.79 Å². The van der Waals surface area contributed by atoms with Crippen LogP contribution >= 0.6 is 0 Å². The van der Waals surface area contributed by atoms with E-state index in [0.29, 0.717) is 17.5 Å². The van der Waals surface area contributed by atoms with E-state index in [1.165, 1.54) is 5.56 Å². The van der Waals surface area contributed by atoms with Crippen LogP contribution in [0, 0.1) is 5.92 Å². The van der Waals surface area contributed by atoms with Crippen LogP contribution in [0.25, 0.3) is 10.8 Å². The molecular weight excluding hydrogens is 326 g/mol. The zero-order chi connectivity index (χ0) is 18.4. The van der Waals surface area contributed by atoms with Gasteiger partial charge in [-0.15, -0.1) is 0 Å². The highest BCUT2D eigenvalue weighted by atomic mass is 16.1. The zero-order valence-electron chi connectivity index (χ0n) is 14.8. The van der Waals surface area contributed by atoms with Gasteiger partial charge in [0.2, 0.25) is 5.91 Å². The summed E-state index contributed by atoms with van der Waals surface area (Å²) in [6, 6.07) is 17.3. The second kappa shape index (κ2) is 8.45. The quantitative estimate of drug-likeness (QED) is 0.614. The van der Waals surface area contributed by atoms with Gasteiger partial charge in [-0.3, -0.25) is 9.59 Å². The Morgan fingerprint density at radius 3 is 2.69 bits per heavy atom. The Morgan fingerprint density at radius 1 is 1.12 bits per heavy atom. The molecule has 1 heterocycles. The zero-order valence-corrected chi connectivity index (χ0v) is 14.8. The maximum absolute atomic E-state index is 12.5. The van der Waals surface area contributed by atoms with Crippen molar-refractivity contribution in [3.8, 4) is 0 Å². The molecule has 0 aliphatic carbocycles. The number of aromatic amines is 1. The Balaban J connectivity index is 1.67. The minimum Gasteiger partial charge on any atom is -0.329 e. The monoisotopic (exact) mass is 349 g/mol. The first kappa shape index (κ1) is 17.9. The number of carbonyl (C=O) groups is 1. The summed E-state index contributed by atoms with van der Waals surface area (Å²) in [6.07, 6.45) is 2.89. The molecule has 5 heteroatoms. The van der Waals surface area contributed by atoms with Gasteiger partial charge in [0.15, 0.2) is 0 Å². The lowest BCUT2D eigenvalue weighted by Gasteiger charge is -2.16. The highest BCUT2D eigenvalue weighted by Gasteiger charge is 2.14. The van der Waals surface area contributed by atoms with Crippen LogP contribution in [0.5, 0.6) is 0 Å². The first-order valence-corrected chi connectivity index (χ1v) is 8.75. The van der Waals surface area contributed by atoms with E-state index in [2.05, 4.69) is 27.8 Å². The smallest absolute Gasteiger partial charge is 0.255 e. The number of hydrogen-bond acceptors (Lipinski definition) is 3. The lowest BCUT2D eigenvalue weighted by molar-refractivity contribution is -0.117. The maximum Gasteiger partial charge on any atom is 0.255 e. The first-order valence-electron chi connectivity index (χ1n) is 8.75. The molecular formula is C21H23N3O2. The largest absolute Gasteiger partial charge is 0.329 e. The molecule has 0 saturated heterocycles. The average molecular weight is 349 g/mol. The molecule has 0 saturated carbocycles. The molecule has 0 bridgehead atoms. The number of rotatable bonds is 7. The third kappa shape index (κ3) is 4.58. The summed E-state index contributed by atoms with van der Waals surface area (Å²) in [7, 11) is 1.90. The lowest BCUT2D eigenvalue weighted by Crippen LogP contribution is -2.26. The number of nitrogens with one attached hydrogen (secondary N) is 3. The van der Waals surface area contributed by atoms with Crippen LogP contribution in [0.1, 0.15) is 12.0 Å². The number of carbonyl (C=O) groups excluding carboxylic acids is 1. The van der Waals surface area contributed by atoms with Gasteiger partial charge in [0.05, 0.1) is 0 Å². The van der Waals surface area contributed by atoms with Crippen LogP contribution in [-0.4, -0.2) is 24.5 Å². The summed E-state index contributed by atoms with van der Waals surface area (Å²) in [5.74, 6) is 0.191. The molecule has 1 unspecified atom stereocenters. The number of hydrogen-bond donors (Lipinski definition) is 3. The molecule has 0 aliphatic heterocycles. The van der Waals surface area contributed by atoms with E-state index in [9.17, 15) is 9.59 Å². The van der Waals surface area contributed by atoms with Crippen LogP contribution in [0.2, 0.25) is 0 Å². The van der Waals surface area contributed by atoms with Gasteiger partial charge < -0.3 is 15.6 Å². The summed E-state index contributed by atoms with van der Waals surface area (Å²) in [4.78, 5) is 26.9. The second-order valence-corrected chi connectivity index (χ2v) is 6.47. The molecule has 0 fully saturated rings. The van der Waals surface area contributed by atoms with Crippen LogP contribution in [0.15, 0.2) is 65.6 Å². The highest BCUT2D eigenvalue weighted by Crippen LogP contribution is 2.18. The van der Waals surface area contributed by atoms with E-state index in [0.717, 1.165) is 18.4 Å². The third-order valence-corrected chi connectivity index (χ3v) is 4.39. The van der Waals surface area contributed by atoms with Gasteiger partial charge in [0.25, 0.3) is 5.56 Å².